The first-order valence-electron chi connectivity index (χ1n) is 17.5. The highest BCUT2D eigenvalue weighted by molar-refractivity contribution is 8.14. The zero-order valence-electron chi connectivity index (χ0n) is 30.8. The fraction of sp³-hybridized carbons (Fsp3) is 0.568. The van der Waals surface area contributed by atoms with Crippen molar-refractivity contribution < 1.29 is 49.2 Å². The number of fused-ring (bicyclic) bond motifs is 2. The summed E-state index contributed by atoms with van der Waals surface area (Å²) in [5.41, 5.74) is 1.23. The highest BCUT2D eigenvalue weighted by atomic mass is 32.2. The van der Waals surface area contributed by atoms with E-state index >= 15 is 0 Å². The average Bonchev–Trinajstić information content (AvgIpc) is 3.79. The Hall–Kier alpha value is -2.90. The van der Waals surface area contributed by atoms with Gasteiger partial charge in [0.15, 0.2) is 10.3 Å². The number of thioether (sulfide) groups is 2. The summed E-state index contributed by atoms with van der Waals surface area (Å²) in [6, 6.07) is 13.4. The van der Waals surface area contributed by atoms with Crippen LogP contribution in [0.4, 0.5) is 0 Å². The van der Waals surface area contributed by atoms with Gasteiger partial charge in [0.1, 0.15) is 77.7 Å². The maximum Gasteiger partial charge on any atom is 0.161 e. The molecule has 5 N–H and O–H groups in total. The van der Waals surface area contributed by atoms with Crippen molar-refractivity contribution in [1.29, 1.82) is 0 Å². The van der Waals surface area contributed by atoms with Crippen molar-refractivity contribution in [1.82, 2.24) is 9.80 Å². The Morgan fingerprint density at radius 2 is 1.13 bits per heavy atom. The van der Waals surface area contributed by atoms with Crippen molar-refractivity contribution in [3.63, 3.8) is 0 Å². The van der Waals surface area contributed by atoms with Gasteiger partial charge in [-0.3, -0.25) is 9.98 Å². The summed E-state index contributed by atoms with van der Waals surface area (Å²) in [6.45, 7) is 8.44. The van der Waals surface area contributed by atoms with E-state index < -0.39 is 60.9 Å². The van der Waals surface area contributed by atoms with Crippen LogP contribution in [0.1, 0.15) is 25.0 Å². The van der Waals surface area contributed by atoms with Gasteiger partial charge in [0.05, 0.1) is 25.4 Å². The van der Waals surface area contributed by atoms with Gasteiger partial charge in [-0.05, 0) is 49.2 Å². The molecule has 4 aliphatic rings. The third kappa shape index (κ3) is 10.2. The van der Waals surface area contributed by atoms with Crippen molar-refractivity contribution in [2.75, 3.05) is 34.8 Å². The maximum absolute atomic E-state index is 10.5. The molecule has 0 aliphatic carbocycles. The lowest BCUT2D eigenvalue weighted by molar-refractivity contribution is -0.193. The van der Waals surface area contributed by atoms with Crippen LogP contribution in [0.3, 0.4) is 0 Å². The molecular formula is C37H52N4O10S2. The monoisotopic (exact) mass is 776 g/mol. The van der Waals surface area contributed by atoms with Crippen LogP contribution in [0, 0.1) is 0 Å². The molecule has 0 amide bonds. The SMILES string of the molecule is C=CCOc1ccc(CO[C@@H](C)[C@H]2O[C@@H]3SC(N(C)C)=N[C@@H]3[C@@H](O)[C@@H]2O)cc1.C[C@H](OCc1ccc(O)cc1)[C@H]1O[C@@H]2SC(N(C)C)=N[C@@H]2[C@@H](O)[C@@H]1O. The second-order valence-corrected chi connectivity index (χ2v) is 15.8. The fourth-order valence-electron chi connectivity index (χ4n) is 6.03. The number of benzene rings is 2. The maximum atomic E-state index is 10.5. The molecule has 0 saturated carbocycles. The predicted molar refractivity (Wildman–Crippen MR) is 205 cm³/mol. The van der Waals surface area contributed by atoms with Crippen LogP contribution in [0.25, 0.3) is 0 Å². The number of hydrogen-bond donors (Lipinski definition) is 5. The molecule has 0 unspecified atom stereocenters. The van der Waals surface area contributed by atoms with Crippen LogP contribution in [0.15, 0.2) is 71.2 Å². The van der Waals surface area contributed by atoms with Gasteiger partial charge in [-0.15, -0.1) is 0 Å². The Bertz CT molecular complexity index is 1550. The van der Waals surface area contributed by atoms with Gasteiger partial charge in [0.2, 0.25) is 0 Å². The first-order chi connectivity index (χ1) is 25.3. The Balaban J connectivity index is 0.000000206. The van der Waals surface area contributed by atoms with Gasteiger partial charge >= 0.3 is 0 Å². The number of amidine groups is 2. The Morgan fingerprint density at radius 3 is 1.53 bits per heavy atom. The van der Waals surface area contributed by atoms with Crippen LogP contribution in [0.5, 0.6) is 11.5 Å². The molecule has 0 bridgehead atoms. The number of phenolic OH excluding ortho intramolecular Hbond substituents is 1. The molecule has 2 aromatic carbocycles. The van der Waals surface area contributed by atoms with Crippen LogP contribution in [0.2, 0.25) is 0 Å². The summed E-state index contributed by atoms with van der Waals surface area (Å²) in [6.07, 6.45) is -4.49. The van der Waals surface area contributed by atoms with Gasteiger partial charge in [0.25, 0.3) is 0 Å². The molecule has 0 aromatic heterocycles. The molecule has 0 radical (unpaired) electrons. The molecule has 12 atom stereocenters. The molecule has 0 spiro atoms. The molecule has 16 heteroatoms. The lowest BCUT2D eigenvalue weighted by atomic mass is 9.95. The number of aliphatic hydroxyl groups is 4. The van der Waals surface area contributed by atoms with E-state index in [0.717, 1.165) is 27.2 Å². The summed E-state index contributed by atoms with van der Waals surface area (Å²) in [5.74, 6) is 0.971. The van der Waals surface area contributed by atoms with Crippen LogP contribution in [-0.2, 0) is 32.2 Å². The van der Waals surface area contributed by atoms with Crippen LogP contribution in [-0.4, -0.2) is 152 Å². The quantitative estimate of drug-likeness (QED) is 0.210. The van der Waals surface area contributed by atoms with E-state index in [4.69, 9.17) is 23.7 Å². The smallest absolute Gasteiger partial charge is 0.161 e. The number of aromatic hydroxyl groups is 1. The minimum atomic E-state index is -1.07. The molecule has 53 heavy (non-hydrogen) atoms. The van der Waals surface area contributed by atoms with Gasteiger partial charge in [-0.1, -0.05) is 60.4 Å². The summed E-state index contributed by atoms with van der Waals surface area (Å²) in [5, 5.41) is 52.8. The van der Waals surface area contributed by atoms with E-state index in [9.17, 15) is 25.5 Å². The average molecular weight is 777 g/mol. The molecule has 2 saturated heterocycles. The van der Waals surface area contributed by atoms with Crippen molar-refractivity contribution in [2.45, 2.75) is 98.8 Å². The Kier molecular flexibility index (Phi) is 14.5. The Morgan fingerprint density at radius 1 is 0.717 bits per heavy atom. The van der Waals surface area contributed by atoms with E-state index in [2.05, 4.69) is 16.6 Å². The van der Waals surface area contributed by atoms with Crippen molar-refractivity contribution >= 4 is 33.9 Å². The highest BCUT2D eigenvalue weighted by Gasteiger charge is 2.51. The van der Waals surface area contributed by atoms with Gasteiger partial charge in [0, 0.05) is 28.2 Å². The van der Waals surface area contributed by atoms with Crippen molar-refractivity contribution in [3.05, 3.63) is 72.3 Å². The number of phenols is 1. The van der Waals surface area contributed by atoms with Gasteiger partial charge < -0.3 is 59.0 Å². The molecule has 14 nitrogen and oxygen atoms in total. The van der Waals surface area contributed by atoms with Crippen molar-refractivity contribution in [2.24, 2.45) is 9.98 Å². The number of hydrogen-bond acceptors (Lipinski definition) is 16. The lowest BCUT2D eigenvalue weighted by Gasteiger charge is -2.40. The normalized spacial score (nSPS) is 31.5. The highest BCUT2D eigenvalue weighted by Crippen LogP contribution is 2.39. The van der Waals surface area contributed by atoms with E-state index in [-0.39, 0.29) is 16.6 Å². The third-order valence-electron chi connectivity index (χ3n) is 9.12. The number of rotatable bonds is 11. The number of nitrogens with zero attached hydrogens (tertiary/aromatic N) is 4. The van der Waals surface area contributed by atoms with E-state index in [0.29, 0.717) is 19.8 Å². The zero-order chi connectivity index (χ0) is 38.4. The van der Waals surface area contributed by atoms with E-state index in [1.54, 1.807) is 30.3 Å². The molecule has 2 fully saturated rings. The second-order valence-electron chi connectivity index (χ2n) is 13.7. The minimum Gasteiger partial charge on any atom is -0.508 e. The van der Waals surface area contributed by atoms with Crippen molar-refractivity contribution in [3.8, 4) is 11.5 Å². The fourth-order valence-corrected chi connectivity index (χ4v) is 8.32. The van der Waals surface area contributed by atoms with E-state index in [1.807, 2.05) is 76.1 Å². The first-order valence-corrected chi connectivity index (χ1v) is 19.2. The molecule has 2 aromatic rings. The standard InChI is InChI=1S/C20H28N2O5S.C17H24N2O5S/c1-5-10-25-14-8-6-13(7-9-14)11-26-12(2)18-17(24)16(23)15-19(27-18)28-20(21-15)22(3)4;1-9(23-8-10-4-6-11(20)7-5-10)15-14(22)13(21)12-16(24-15)25-17(18-12)19(2)3/h5-9,12,15-19,23-24H,1,10-11H2,2-4H3;4-7,9,12-16,20-22H,8H2,1-3H3/t12-,15+,16+,17-,18+,19+;9-,12+,13+,14-,15+,16+/m00/s1. The largest absolute Gasteiger partial charge is 0.508 e. The number of aliphatic hydroxyl groups excluding tert-OH is 4. The number of ether oxygens (including phenoxy) is 5. The van der Waals surface area contributed by atoms with Gasteiger partial charge in [-0.25, -0.2) is 0 Å². The second kappa shape index (κ2) is 18.6. The molecular weight excluding hydrogens is 725 g/mol. The minimum absolute atomic E-state index is 0.201. The topological polar surface area (TPSA) is 178 Å². The van der Waals surface area contributed by atoms with Crippen LogP contribution < -0.4 is 4.74 Å². The molecule has 6 rings (SSSR count). The lowest BCUT2D eigenvalue weighted by Crippen LogP contribution is -2.58. The van der Waals surface area contributed by atoms with Gasteiger partial charge in [-0.2, -0.15) is 0 Å². The summed E-state index contributed by atoms with van der Waals surface area (Å²) < 4.78 is 29.2. The molecule has 292 valence electrons. The molecule has 4 aliphatic heterocycles. The van der Waals surface area contributed by atoms with Crippen LogP contribution >= 0.6 is 23.5 Å². The zero-order valence-corrected chi connectivity index (χ0v) is 32.5. The summed E-state index contributed by atoms with van der Waals surface area (Å²) in [4.78, 5) is 12.7. The number of aliphatic imine (C=N–C) groups is 2. The Labute approximate surface area is 319 Å². The van der Waals surface area contributed by atoms with E-state index in [1.165, 1.54) is 23.5 Å². The summed E-state index contributed by atoms with van der Waals surface area (Å²) >= 11 is 2.90. The predicted octanol–water partition coefficient (Wildman–Crippen LogP) is 2.41. The first kappa shape index (κ1) is 41.3. The molecule has 4 heterocycles. The third-order valence-corrected chi connectivity index (χ3v) is 11.7. The summed E-state index contributed by atoms with van der Waals surface area (Å²) in [7, 11) is 7.55.